The molecule has 3 N–H and O–H groups in total. The van der Waals surface area contributed by atoms with E-state index in [0.717, 1.165) is 4.90 Å². The first-order valence-corrected chi connectivity index (χ1v) is 5.46. The van der Waals surface area contributed by atoms with Gasteiger partial charge in [0.1, 0.15) is 6.54 Å². The van der Waals surface area contributed by atoms with E-state index in [1.165, 1.54) is 19.2 Å². The number of carbonyl (C=O) groups is 2. The normalized spacial score (nSPS) is 9.89. The van der Waals surface area contributed by atoms with Crippen molar-refractivity contribution in [2.75, 3.05) is 25.9 Å². The molecule has 0 radical (unpaired) electrons. The number of ether oxygens (including phenoxy) is 1. The monoisotopic (exact) mass is 252 g/mol. The Hall–Kier alpha value is -2.24. The second-order valence-electron chi connectivity index (χ2n) is 3.71. The number of nitrogens with zero attached hydrogens (tertiary/aromatic N) is 1. The number of para-hydroxylation sites is 1. The maximum absolute atomic E-state index is 12.0. The van der Waals surface area contributed by atoms with Crippen molar-refractivity contribution in [3.05, 3.63) is 23.8 Å². The van der Waals surface area contributed by atoms with Gasteiger partial charge in [0.05, 0.1) is 17.9 Å². The zero-order valence-corrected chi connectivity index (χ0v) is 10.3. The Balaban J connectivity index is 2.81. The fraction of sp³-hybridized carbons (Fsp3) is 0.333. The minimum Gasteiger partial charge on any atom is -0.505 e. The summed E-state index contributed by atoms with van der Waals surface area (Å²) in [6, 6.07) is 4.48. The number of carbonyl (C=O) groups excluding carboxylic acids is 2. The number of rotatable bonds is 4. The van der Waals surface area contributed by atoms with Gasteiger partial charge in [-0.3, -0.25) is 9.59 Å². The molecule has 0 spiro atoms. The van der Waals surface area contributed by atoms with Gasteiger partial charge in [-0.2, -0.15) is 0 Å². The summed E-state index contributed by atoms with van der Waals surface area (Å²) in [4.78, 5) is 24.4. The van der Waals surface area contributed by atoms with Crippen molar-refractivity contribution in [1.29, 1.82) is 0 Å². The lowest BCUT2D eigenvalue weighted by Gasteiger charge is -2.17. The van der Waals surface area contributed by atoms with Gasteiger partial charge in [-0.15, -0.1) is 0 Å². The van der Waals surface area contributed by atoms with Crippen LogP contribution in [0.15, 0.2) is 18.2 Å². The van der Waals surface area contributed by atoms with Crippen molar-refractivity contribution in [2.45, 2.75) is 6.92 Å². The van der Waals surface area contributed by atoms with Crippen LogP contribution in [0, 0.1) is 0 Å². The third kappa shape index (κ3) is 3.13. The number of amides is 1. The Morgan fingerprint density at radius 3 is 2.72 bits per heavy atom. The quantitative estimate of drug-likeness (QED) is 0.465. The third-order valence-corrected chi connectivity index (χ3v) is 2.32. The molecule has 6 nitrogen and oxygen atoms in total. The Labute approximate surface area is 105 Å². The van der Waals surface area contributed by atoms with E-state index in [0.29, 0.717) is 0 Å². The van der Waals surface area contributed by atoms with Gasteiger partial charge in [0.25, 0.3) is 5.91 Å². The van der Waals surface area contributed by atoms with Crippen molar-refractivity contribution in [3.8, 4) is 5.75 Å². The molecule has 0 aliphatic rings. The molecule has 0 aliphatic carbocycles. The van der Waals surface area contributed by atoms with Gasteiger partial charge in [0, 0.05) is 7.05 Å². The fourth-order valence-electron chi connectivity index (χ4n) is 1.41. The van der Waals surface area contributed by atoms with Crippen LogP contribution >= 0.6 is 0 Å². The topological polar surface area (TPSA) is 92.9 Å². The van der Waals surface area contributed by atoms with Gasteiger partial charge < -0.3 is 20.5 Å². The smallest absolute Gasteiger partial charge is 0.325 e. The van der Waals surface area contributed by atoms with Crippen LogP contribution in [0.4, 0.5) is 5.69 Å². The molecular weight excluding hydrogens is 236 g/mol. The molecule has 6 heteroatoms. The summed E-state index contributed by atoms with van der Waals surface area (Å²) in [7, 11) is 1.45. The number of anilines is 1. The highest BCUT2D eigenvalue weighted by Crippen LogP contribution is 2.25. The SMILES string of the molecule is CCOC(=O)CN(C)C(=O)c1cccc(N)c1O. The first kappa shape index (κ1) is 13.8. The first-order chi connectivity index (χ1) is 8.47. The standard InChI is InChI=1S/C12H16N2O4/c1-3-18-10(15)7-14(2)12(17)8-5-4-6-9(13)11(8)16/h4-6,16H,3,7,13H2,1-2H3. The molecule has 0 atom stereocenters. The van der Waals surface area contributed by atoms with Crippen LogP contribution in [-0.2, 0) is 9.53 Å². The fourth-order valence-corrected chi connectivity index (χ4v) is 1.41. The highest BCUT2D eigenvalue weighted by molar-refractivity contribution is 5.99. The molecule has 0 unspecified atom stereocenters. The van der Waals surface area contributed by atoms with Crippen LogP contribution in [0.1, 0.15) is 17.3 Å². The molecule has 0 saturated heterocycles. The Morgan fingerprint density at radius 2 is 2.11 bits per heavy atom. The molecule has 98 valence electrons. The number of aromatic hydroxyl groups is 1. The average molecular weight is 252 g/mol. The lowest BCUT2D eigenvalue weighted by Crippen LogP contribution is -2.33. The summed E-state index contributed by atoms with van der Waals surface area (Å²) in [6.45, 7) is 1.76. The summed E-state index contributed by atoms with van der Waals surface area (Å²) < 4.78 is 4.73. The van der Waals surface area contributed by atoms with Crippen molar-refractivity contribution in [1.82, 2.24) is 4.90 Å². The Morgan fingerprint density at radius 1 is 1.44 bits per heavy atom. The summed E-state index contributed by atoms with van der Waals surface area (Å²) in [5.41, 5.74) is 5.67. The second kappa shape index (κ2) is 5.90. The number of phenolic OH excluding ortho intramolecular Hbond substituents is 1. The highest BCUT2D eigenvalue weighted by Gasteiger charge is 2.19. The van der Waals surface area contributed by atoms with E-state index in [4.69, 9.17) is 10.5 Å². The molecular formula is C12H16N2O4. The predicted octanol–water partition coefficient (Wildman–Crippen LogP) is 0.609. The van der Waals surface area contributed by atoms with E-state index >= 15 is 0 Å². The van der Waals surface area contributed by atoms with Crippen LogP contribution in [0.2, 0.25) is 0 Å². The number of nitrogens with two attached hydrogens (primary N) is 1. The summed E-state index contributed by atoms with van der Waals surface area (Å²) in [6.07, 6.45) is 0. The lowest BCUT2D eigenvalue weighted by molar-refractivity contribution is -0.143. The highest BCUT2D eigenvalue weighted by atomic mass is 16.5. The maximum atomic E-state index is 12.0. The molecule has 1 amide bonds. The summed E-state index contributed by atoms with van der Waals surface area (Å²) >= 11 is 0. The average Bonchev–Trinajstić information content (AvgIpc) is 2.32. The lowest BCUT2D eigenvalue weighted by atomic mass is 10.1. The van der Waals surface area contributed by atoms with E-state index in [-0.39, 0.29) is 30.2 Å². The zero-order valence-electron chi connectivity index (χ0n) is 10.3. The van der Waals surface area contributed by atoms with E-state index in [9.17, 15) is 14.7 Å². The van der Waals surface area contributed by atoms with Crippen molar-refractivity contribution in [3.63, 3.8) is 0 Å². The van der Waals surface area contributed by atoms with Gasteiger partial charge in [-0.1, -0.05) is 6.07 Å². The molecule has 0 aromatic heterocycles. The van der Waals surface area contributed by atoms with Crippen LogP contribution < -0.4 is 5.73 Å². The summed E-state index contributed by atoms with van der Waals surface area (Å²) in [5, 5.41) is 9.67. The van der Waals surface area contributed by atoms with Gasteiger partial charge in [-0.05, 0) is 19.1 Å². The van der Waals surface area contributed by atoms with Gasteiger partial charge in [0.2, 0.25) is 0 Å². The first-order valence-electron chi connectivity index (χ1n) is 5.46. The molecule has 0 saturated carbocycles. The summed E-state index contributed by atoms with van der Waals surface area (Å²) in [5.74, 6) is -1.28. The van der Waals surface area contributed by atoms with Gasteiger partial charge >= 0.3 is 5.97 Å². The van der Waals surface area contributed by atoms with E-state index in [1.54, 1.807) is 13.0 Å². The zero-order chi connectivity index (χ0) is 13.7. The number of phenols is 1. The third-order valence-electron chi connectivity index (χ3n) is 2.32. The largest absolute Gasteiger partial charge is 0.505 e. The molecule has 0 bridgehead atoms. The maximum Gasteiger partial charge on any atom is 0.325 e. The Bertz CT molecular complexity index is 459. The van der Waals surface area contributed by atoms with Crippen LogP contribution in [0.3, 0.4) is 0 Å². The Kier molecular flexibility index (Phi) is 4.53. The van der Waals surface area contributed by atoms with Crippen LogP contribution in [0.5, 0.6) is 5.75 Å². The number of benzene rings is 1. The van der Waals surface area contributed by atoms with Crippen molar-refractivity contribution >= 4 is 17.6 Å². The molecule has 18 heavy (non-hydrogen) atoms. The second-order valence-corrected chi connectivity index (χ2v) is 3.71. The molecule has 0 aliphatic heterocycles. The minimum absolute atomic E-state index is 0.0572. The molecule has 0 fully saturated rings. The number of esters is 1. The van der Waals surface area contributed by atoms with E-state index in [2.05, 4.69) is 0 Å². The molecule has 1 aromatic carbocycles. The number of hydrogen-bond donors (Lipinski definition) is 2. The predicted molar refractivity (Wildman–Crippen MR) is 66.1 cm³/mol. The van der Waals surface area contributed by atoms with E-state index < -0.39 is 11.9 Å². The molecule has 0 heterocycles. The van der Waals surface area contributed by atoms with Gasteiger partial charge in [0.15, 0.2) is 5.75 Å². The number of nitrogen functional groups attached to an aromatic ring is 1. The molecule has 1 rings (SSSR count). The van der Waals surface area contributed by atoms with Crippen LogP contribution in [0.25, 0.3) is 0 Å². The van der Waals surface area contributed by atoms with Gasteiger partial charge in [-0.25, -0.2) is 0 Å². The number of hydrogen-bond acceptors (Lipinski definition) is 5. The van der Waals surface area contributed by atoms with Crippen molar-refractivity contribution in [2.24, 2.45) is 0 Å². The number of likely N-dealkylation sites (N-methyl/N-ethyl adjacent to an activating group) is 1. The van der Waals surface area contributed by atoms with Crippen molar-refractivity contribution < 1.29 is 19.4 Å². The molecule has 1 aromatic rings. The van der Waals surface area contributed by atoms with Crippen LogP contribution in [-0.4, -0.2) is 42.1 Å². The minimum atomic E-state index is -0.503. The van der Waals surface area contributed by atoms with E-state index in [1.807, 2.05) is 0 Å².